The average Bonchev–Trinajstić information content (AvgIpc) is 3.49. The highest BCUT2D eigenvalue weighted by molar-refractivity contribution is 14.0. The minimum Gasteiger partial charge on any atom is -0.461 e. The van der Waals surface area contributed by atoms with E-state index in [9.17, 15) is 0 Å². The van der Waals surface area contributed by atoms with E-state index in [1.165, 1.54) is 22.0 Å². The summed E-state index contributed by atoms with van der Waals surface area (Å²) in [6, 6.07) is 10.1. The van der Waals surface area contributed by atoms with Crippen molar-refractivity contribution in [3.8, 4) is 11.6 Å². The Morgan fingerprint density at radius 3 is 2.87 bits per heavy atom. The number of aryl methyl sites for hydroxylation is 1. The Morgan fingerprint density at radius 1 is 1.16 bits per heavy atom. The van der Waals surface area contributed by atoms with Crippen LogP contribution in [0.5, 0.6) is 0 Å². The number of benzene rings is 1. The van der Waals surface area contributed by atoms with E-state index in [4.69, 9.17) is 4.42 Å². The normalized spacial score (nSPS) is 11.5. The summed E-state index contributed by atoms with van der Waals surface area (Å²) in [6.07, 6.45) is 5.31. The first-order valence-corrected chi connectivity index (χ1v) is 10.3. The van der Waals surface area contributed by atoms with Gasteiger partial charge in [-0.15, -0.1) is 24.0 Å². The van der Waals surface area contributed by atoms with E-state index in [0.29, 0.717) is 24.6 Å². The van der Waals surface area contributed by atoms with Crippen LogP contribution in [0, 0.1) is 6.92 Å². The molecule has 0 unspecified atom stereocenters. The van der Waals surface area contributed by atoms with Crippen molar-refractivity contribution in [2.75, 3.05) is 19.6 Å². The number of fused-ring (bicyclic) bond motifs is 1. The second-order valence-electron chi connectivity index (χ2n) is 7.08. The lowest BCUT2D eigenvalue weighted by atomic mass is 10.1. The number of hydrogen-bond acceptors (Lipinski definition) is 4. The number of nitrogens with zero attached hydrogens (tertiary/aromatic N) is 3. The quantitative estimate of drug-likeness (QED) is 0.157. The van der Waals surface area contributed by atoms with Gasteiger partial charge >= 0.3 is 0 Å². The number of para-hydroxylation sites is 1. The molecule has 8 nitrogen and oxygen atoms in total. The van der Waals surface area contributed by atoms with Crippen molar-refractivity contribution in [2.45, 2.75) is 26.7 Å². The first-order chi connectivity index (χ1) is 14.7. The van der Waals surface area contributed by atoms with Crippen LogP contribution >= 0.6 is 24.0 Å². The molecule has 9 heteroatoms. The summed E-state index contributed by atoms with van der Waals surface area (Å²) in [5, 5.41) is 15.1. The molecule has 164 valence electrons. The van der Waals surface area contributed by atoms with Crippen molar-refractivity contribution in [3.63, 3.8) is 0 Å². The number of aromatic amines is 2. The summed E-state index contributed by atoms with van der Waals surface area (Å²) in [6.45, 7) is 6.41. The summed E-state index contributed by atoms with van der Waals surface area (Å²) in [7, 11) is 0. The highest BCUT2D eigenvalue weighted by atomic mass is 127. The minimum absolute atomic E-state index is 0. The fourth-order valence-electron chi connectivity index (χ4n) is 3.42. The first-order valence-electron chi connectivity index (χ1n) is 10.3. The molecule has 0 bridgehead atoms. The molecule has 4 N–H and O–H groups in total. The lowest BCUT2D eigenvalue weighted by Gasteiger charge is -2.11. The number of H-pyrrole nitrogens is 2. The molecule has 1 aromatic carbocycles. The van der Waals surface area contributed by atoms with Crippen molar-refractivity contribution in [3.05, 3.63) is 59.7 Å². The predicted molar refractivity (Wildman–Crippen MR) is 134 cm³/mol. The summed E-state index contributed by atoms with van der Waals surface area (Å²) in [5.74, 6) is 2.82. The van der Waals surface area contributed by atoms with E-state index in [1.807, 2.05) is 12.1 Å². The van der Waals surface area contributed by atoms with Crippen molar-refractivity contribution in [2.24, 2.45) is 4.99 Å². The van der Waals surface area contributed by atoms with Crippen LogP contribution in [-0.2, 0) is 12.8 Å². The summed E-state index contributed by atoms with van der Waals surface area (Å²) in [5.41, 5.74) is 3.79. The average molecular weight is 533 g/mol. The molecule has 0 aliphatic rings. The summed E-state index contributed by atoms with van der Waals surface area (Å²) < 4.78 is 5.32. The van der Waals surface area contributed by atoms with Gasteiger partial charge in [-0.05, 0) is 43.5 Å². The van der Waals surface area contributed by atoms with E-state index in [1.54, 1.807) is 6.26 Å². The highest BCUT2D eigenvalue weighted by Crippen LogP contribution is 2.21. The third kappa shape index (κ3) is 5.66. The maximum Gasteiger partial charge on any atom is 0.216 e. The highest BCUT2D eigenvalue weighted by Gasteiger charge is 2.08. The van der Waals surface area contributed by atoms with E-state index in [2.05, 4.69) is 74.0 Å². The van der Waals surface area contributed by atoms with Gasteiger partial charge in [-0.1, -0.05) is 18.2 Å². The minimum atomic E-state index is 0. The largest absolute Gasteiger partial charge is 0.461 e. The predicted octanol–water partition coefficient (Wildman–Crippen LogP) is 3.81. The molecule has 3 aromatic heterocycles. The van der Waals surface area contributed by atoms with Gasteiger partial charge < -0.3 is 20.0 Å². The summed E-state index contributed by atoms with van der Waals surface area (Å²) >= 11 is 0. The van der Waals surface area contributed by atoms with Gasteiger partial charge in [0.1, 0.15) is 5.82 Å². The lowest BCUT2D eigenvalue weighted by Crippen LogP contribution is -2.38. The molecule has 0 aliphatic carbocycles. The molecular formula is C22H28IN7O. The molecule has 0 amide bonds. The monoisotopic (exact) mass is 533 g/mol. The Hall–Kier alpha value is -2.82. The molecule has 0 saturated heterocycles. The molecule has 4 aromatic rings. The number of aromatic nitrogens is 4. The van der Waals surface area contributed by atoms with Crippen LogP contribution in [-0.4, -0.2) is 45.8 Å². The van der Waals surface area contributed by atoms with E-state index in [-0.39, 0.29) is 24.0 Å². The van der Waals surface area contributed by atoms with E-state index < -0.39 is 0 Å². The van der Waals surface area contributed by atoms with Gasteiger partial charge in [0.15, 0.2) is 11.7 Å². The Morgan fingerprint density at radius 2 is 2.06 bits per heavy atom. The molecule has 31 heavy (non-hydrogen) atoms. The standard InChI is InChI=1S/C22H27N7O.HI/c1-3-23-22(24-11-9-16-14-26-20-15(2)6-4-7-17(16)20)25-12-10-19-27-21(29-28-19)18-8-5-13-30-18;/h4-8,13-14,26H,3,9-12H2,1-2H3,(H2,23,24,25)(H,27,28,29);1H. The third-order valence-electron chi connectivity index (χ3n) is 4.93. The molecule has 0 spiro atoms. The number of nitrogens with one attached hydrogen (secondary N) is 4. The first kappa shape index (κ1) is 22.9. The molecular weight excluding hydrogens is 505 g/mol. The SMILES string of the molecule is CCNC(=NCCc1nc(-c2ccco2)n[nH]1)NCCc1c[nH]c2c(C)cccc12.I. The number of furan rings is 1. The Labute approximate surface area is 198 Å². The molecule has 0 saturated carbocycles. The van der Waals surface area contributed by atoms with Crippen LogP contribution in [0.1, 0.15) is 23.9 Å². The van der Waals surface area contributed by atoms with Crippen LogP contribution < -0.4 is 10.6 Å². The van der Waals surface area contributed by atoms with Crippen LogP contribution in [0.3, 0.4) is 0 Å². The Kier molecular flexibility index (Phi) is 8.10. The van der Waals surface area contributed by atoms with Crippen LogP contribution in [0.2, 0.25) is 0 Å². The van der Waals surface area contributed by atoms with E-state index in [0.717, 1.165) is 31.3 Å². The second-order valence-corrected chi connectivity index (χ2v) is 7.08. The molecule has 3 heterocycles. The summed E-state index contributed by atoms with van der Waals surface area (Å²) in [4.78, 5) is 12.5. The van der Waals surface area contributed by atoms with Gasteiger partial charge in [0, 0.05) is 43.2 Å². The molecule has 0 aliphatic heterocycles. The third-order valence-corrected chi connectivity index (χ3v) is 4.93. The van der Waals surface area contributed by atoms with Crippen molar-refractivity contribution in [1.29, 1.82) is 0 Å². The number of guanidine groups is 1. The van der Waals surface area contributed by atoms with Crippen LogP contribution in [0.15, 0.2) is 52.2 Å². The zero-order chi connectivity index (χ0) is 20.8. The molecule has 0 atom stereocenters. The number of halogens is 1. The van der Waals surface area contributed by atoms with Gasteiger partial charge in [0.25, 0.3) is 0 Å². The molecule has 0 radical (unpaired) electrons. The smallest absolute Gasteiger partial charge is 0.216 e. The number of rotatable bonds is 8. The molecule has 4 rings (SSSR count). The number of aliphatic imine (C=N–C) groups is 1. The van der Waals surface area contributed by atoms with Crippen LogP contribution in [0.4, 0.5) is 0 Å². The zero-order valence-corrected chi connectivity index (χ0v) is 20.1. The van der Waals surface area contributed by atoms with Crippen molar-refractivity contribution < 1.29 is 4.42 Å². The number of hydrogen-bond donors (Lipinski definition) is 4. The van der Waals surface area contributed by atoms with E-state index >= 15 is 0 Å². The van der Waals surface area contributed by atoms with Crippen molar-refractivity contribution in [1.82, 2.24) is 30.8 Å². The second kappa shape index (κ2) is 11.0. The topological polar surface area (TPSA) is 107 Å². The van der Waals surface area contributed by atoms with Crippen molar-refractivity contribution >= 4 is 40.8 Å². The van der Waals surface area contributed by atoms with Gasteiger partial charge in [-0.2, -0.15) is 5.10 Å². The fraction of sp³-hybridized carbons (Fsp3) is 0.318. The van der Waals surface area contributed by atoms with Gasteiger partial charge in [-0.3, -0.25) is 10.1 Å². The fourth-order valence-corrected chi connectivity index (χ4v) is 3.42. The zero-order valence-electron chi connectivity index (χ0n) is 17.7. The maximum atomic E-state index is 5.32. The molecule has 0 fully saturated rings. The van der Waals surface area contributed by atoms with Gasteiger partial charge in [0.05, 0.1) is 6.26 Å². The van der Waals surface area contributed by atoms with Gasteiger partial charge in [-0.25, -0.2) is 4.98 Å². The Balaban J connectivity index is 0.00000272. The lowest BCUT2D eigenvalue weighted by molar-refractivity contribution is 0.577. The Bertz CT molecular complexity index is 1110. The van der Waals surface area contributed by atoms with Gasteiger partial charge in [0.2, 0.25) is 5.82 Å². The maximum absolute atomic E-state index is 5.32. The van der Waals surface area contributed by atoms with Crippen LogP contribution in [0.25, 0.3) is 22.5 Å².